The quantitative estimate of drug-likeness (QED) is 0.691. The van der Waals surface area contributed by atoms with Gasteiger partial charge in [0.25, 0.3) is 0 Å². The summed E-state index contributed by atoms with van der Waals surface area (Å²) in [5.41, 5.74) is 6.10. The van der Waals surface area contributed by atoms with Gasteiger partial charge in [0.05, 0.1) is 5.03 Å². The molecule has 2 heteroatoms. The molecule has 17 heavy (non-hydrogen) atoms. The Morgan fingerprint density at radius 2 is 1.65 bits per heavy atom. The number of benzene rings is 1. The van der Waals surface area contributed by atoms with Gasteiger partial charge in [-0.05, 0) is 66.8 Å². The maximum absolute atomic E-state index is 10.9. The van der Waals surface area contributed by atoms with Gasteiger partial charge in [0.1, 0.15) is 6.29 Å². The summed E-state index contributed by atoms with van der Waals surface area (Å²) in [6, 6.07) is 4.53. The van der Waals surface area contributed by atoms with Crippen molar-refractivity contribution in [3.05, 3.63) is 40.0 Å². The minimum absolute atomic E-state index is 0.676. The Labute approximate surface area is 106 Å². The first-order valence-electron chi connectivity index (χ1n) is 6.28. The van der Waals surface area contributed by atoms with Crippen LogP contribution in [-0.4, -0.2) is 6.29 Å². The molecular weight excluding hydrogens is 232 g/mol. The number of hydrogen-bond acceptors (Lipinski definition) is 1. The lowest BCUT2D eigenvalue weighted by Crippen LogP contribution is -2.09. The fourth-order valence-corrected chi connectivity index (χ4v) is 3.23. The minimum Gasteiger partial charge on any atom is -0.298 e. The Kier molecular flexibility index (Phi) is 2.79. The van der Waals surface area contributed by atoms with Crippen molar-refractivity contribution in [1.29, 1.82) is 0 Å². The number of aldehydes is 1. The predicted octanol–water partition coefficient (Wildman–Crippen LogP) is 3.66. The molecule has 0 saturated heterocycles. The SMILES string of the molecule is O=CC1=C(Cl)c2cc3c(cc2CC1)CCCC3. The number of hydrogen-bond donors (Lipinski definition) is 0. The summed E-state index contributed by atoms with van der Waals surface area (Å²) in [5.74, 6) is 0. The number of fused-ring (bicyclic) bond motifs is 2. The number of rotatable bonds is 1. The van der Waals surface area contributed by atoms with E-state index in [2.05, 4.69) is 12.1 Å². The average Bonchev–Trinajstić information content (AvgIpc) is 2.37. The molecule has 0 heterocycles. The van der Waals surface area contributed by atoms with E-state index in [9.17, 15) is 4.79 Å². The molecule has 0 atom stereocenters. The Hall–Kier alpha value is -1.08. The number of carbonyl (C=O) groups excluding carboxylic acids is 1. The van der Waals surface area contributed by atoms with Crippen LogP contribution in [0.2, 0.25) is 0 Å². The van der Waals surface area contributed by atoms with Crippen molar-refractivity contribution in [3.63, 3.8) is 0 Å². The Balaban J connectivity index is 2.14. The van der Waals surface area contributed by atoms with E-state index in [-0.39, 0.29) is 0 Å². The first-order valence-corrected chi connectivity index (χ1v) is 6.66. The molecule has 0 aliphatic heterocycles. The van der Waals surface area contributed by atoms with Gasteiger partial charge in [-0.25, -0.2) is 0 Å². The molecule has 3 rings (SSSR count). The van der Waals surface area contributed by atoms with Crippen molar-refractivity contribution >= 4 is 22.9 Å². The molecule has 2 aliphatic carbocycles. The van der Waals surface area contributed by atoms with Gasteiger partial charge in [-0.15, -0.1) is 0 Å². The summed E-state index contributed by atoms with van der Waals surface area (Å²) in [7, 11) is 0. The van der Waals surface area contributed by atoms with Crippen molar-refractivity contribution < 1.29 is 4.79 Å². The van der Waals surface area contributed by atoms with Crippen molar-refractivity contribution in [2.24, 2.45) is 0 Å². The van der Waals surface area contributed by atoms with E-state index < -0.39 is 0 Å². The lowest BCUT2D eigenvalue weighted by Gasteiger charge is -2.23. The zero-order valence-electron chi connectivity index (χ0n) is 9.76. The van der Waals surface area contributed by atoms with E-state index >= 15 is 0 Å². The van der Waals surface area contributed by atoms with Crippen LogP contribution in [0.3, 0.4) is 0 Å². The second-order valence-corrected chi connectivity index (χ2v) is 5.32. The van der Waals surface area contributed by atoms with Crippen molar-refractivity contribution in [2.45, 2.75) is 38.5 Å². The molecule has 1 aromatic carbocycles. The van der Waals surface area contributed by atoms with Crippen molar-refractivity contribution in [3.8, 4) is 0 Å². The van der Waals surface area contributed by atoms with Crippen LogP contribution in [0.25, 0.3) is 5.03 Å². The molecule has 0 amide bonds. The topological polar surface area (TPSA) is 17.1 Å². The third-order valence-electron chi connectivity index (χ3n) is 3.89. The third-order valence-corrected chi connectivity index (χ3v) is 4.34. The summed E-state index contributed by atoms with van der Waals surface area (Å²) in [5, 5.41) is 0.676. The maximum Gasteiger partial charge on any atom is 0.147 e. The van der Waals surface area contributed by atoms with E-state index in [0.717, 1.165) is 36.7 Å². The van der Waals surface area contributed by atoms with Gasteiger partial charge in [-0.1, -0.05) is 17.7 Å². The highest BCUT2D eigenvalue weighted by Gasteiger charge is 2.20. The summed E-state index contributed by atoms with van der Waals surface area (Å²) >= 11 is 6.30. The standard InChI is InChI=1S/C15H15ClO/c16-15-13(9-17)6-5-12-7-10-3-1-2-4-11(10)8-14(12)15/h7-9H,1-6H2. The second kappa shape index (κ2) is 4.30. The Bertz CT molecular complexity index is 514. The monoisotopic (exact) mass is 246 g/mol. The molecular formula is C15H15ClO. The van der Waals surface area contributed by atoms with E-state index in [1.807, 2.05) is 0 Å². The molecule has 1 nitrogen and oxygen atoms in total. The number of carbonyl (C=O) groups is 1. The van der Waals surface area contributed by atoms with Crippen LogP contribution in [-0.2, 0) is 24.1 Å². The first kappa shape index (κ1) is 11.0. The molecule has 0 N–H and O–H groups in total. The van der Waals surface area contributed by atoms with Crippen LogP contribution in [0.15, 0.2) is 17.7 Å². The van der Waals surface area contributed by atoms with E-state index in [4.69, 9.17) is 11.6 Å². The van der Waals surface area contributed by atoms with Gasteiger partial charge in [-0.3, -0.25) is 4.79 Å². The number of aryl methyl sites for hydroxylation is 3. The van der Waals surface area contributed by atoms with Gasteiger partial charge in [-0.2, -0.15) is 0 Å². The van der Waals surface area contributed by atoms with Crippen molar-refractivity contribution in [2.75, 3.05) is 0 Å². The van der Waals surface area contributed by atoms with Crippen LogP contribution in [0.4, 0.5) is 0 Å². The second-order valence-electron chi connectivity index (χ2n) is 4.94. The van der Waals surface area contributed by atoms with Gasteiger partial charge in [0.2, 0.25) is 0 Å². The highest BCUT2D eigenvalue weighted by molar-refractivity contribution is 6.50. The number of allylic oxidation sites excluding steroid dienone is 1. The minimum atomic E-state index is 0.676. The normalized spacial score (nSPS) is 18.6. The van der Waals surface area contributed by atoms with E-state index in [1.54, 1.807) is 0 Å². The molecule has 0 spiro atoms. The fourth-order valence-electron chi connectivity index (χ4n) is 2.91. The van der Waals surface area contributed by atoms with Crippen LogP contribution >= 0.6 is 11.6 Å². The van der Waals surface area contributed by atoms with Crippen LogP contribution in [0.1, 0.15) is 41.5 Å². The van der Waals surface area contributed by atoms with Crippen LogP contribution < -0.4 is 0 Å². The highest BCUT2D eigenvalue weighted by Crippen LogP contribution is 2.36. The van der Waals surface area contributed by atoms with Gasteiger partial charge < -0.3 is 0 Å². The van der Waals surface area contributed by atoms with Gasteiger partial charge >= 0.3 is 0 Å². The van der Waals surface area contributed by atoms with Gasteiger partial charge in [0, 0.05) is 5.57 Å². The molecule has 0 unspecified atom stereocenters. The molecule has 0 saturated carbocycles. The Morgan fingerprint density at radius 1 is 0.941 bits per heavy atom. The molecule has 1 aromatic rings. The molecule has 2 aliphatic rings. The first-order chi connectivity index (χ1) is 8.29. The zero-order valence-corrected chi connectivity index (χ0v) is 10.5. The van der Waals surface area contributed by atoms with Crippen LogP contribution in [0.5, 0.6) is 0 Å². The summed E-state index contributed by atoms with van der Waals surface area (Å²) in [6.07, 6.45) is 7.57. The predicted molar refractivity (Wildman–Crippen MR) is 70.2 cm³/mol. The van der Waals surface area contributed by atoms with Crippen LogP contribution in [0, 0.1) is 0 Å². The van der Waals surface area contributed by atoms with Crippen molar-refractivity contribution in [1.82, 2.24) is 0 Å². The van der Waals surface area contributed by atoms with E-state index in [1.165, 1.54) is 36.0 Å². The van der Waals surface area contributed by atoms with E-state index in [0.29, 0.717) is 5.03 Å². The summed E-state index contributed by atoms with van der Waals surface area (Å²) in [6.45, 7) is 0. The highest BCUT2D eigenvalue weighted by atomic mass is 35.5. The Morgan fingerprint density at radius 3 is 2.35 bits per heavy atom. The lowest BCUT2D eigenvalue weighted by molar-refractivity contribution is -0.105. The number of halogens is 1. The van der Waals surface area contributed by atoms with Gasteiger partial charge in [0.15, 0.2) is 0 Å². The molecule has 0 aromatic heterocycles. The lowest BCUT2D eigenvalue weighted by atomic mass is 9.84. The summed E-state index contributed by atoms with van der Waals surface area (Å²) in [4.78, 5) is 10.9. The zero-order chi connectivity index (χ0) is 11.8. The third kappa shape index (κ3) is 1.83. The molecule has 88 valence electrons. The summed E-state index contributed by atoms with van der Waals surface area (Å²) < 4.78 is 0. The molecule has 0 bridgehead atoms. The largest absolute Gasteiger partial charge is 0.298 e. The molecule has 0 fully saturated rings. The smallest absolute Gasteiger partial charge is 0.147 e. The fraction of sp³-hybridized carbons (Fsp3) is 0.400. The maximum atomic E-state index is 10.9. The average molecular weight is 247 g/mol. The molecule has 0 radical (unpaired) electrons.